The van der Waals surface area contributed by atoms with Crippen molar-refractivity contribution in [3.05, 3.63) is 64.7 Å². The van der Waals surface area contributed by atoms with Crippen molar-refractivity contribution in [3.63, 3.8) is 0 Å². The maximum absolute atomic E-state index is 9.16. The van der Waals surface area contributed by atoms with Crippen LogP contribution in [0.1, 0.15) is 30.6 Å². The lowest BCUT2D eigenvalue weighted by Gasteiger charge is -2.25. The van der Waals surface area contributed by atoms with E-state index in [1.807, 2.05) is 43.3 Å². The molecule has 0 bridgehead atoms. The molecular weight excluding hydrogens is 284 g/mol. The molecule has 2 N–H and O–H groups in total. The molecule has 0 saturated carbocycles. The SMILES string of the molecule is CCC(N)C(Oc1ccccc1C#N)c1ccc(Cl)cc1. The molecule has 0 aromatic heterocycles. The minimum atomic E-state index is -0.318. The summed E-state index contributed by atoms with van der Waals surface area (Å²) in [4.78, 5) is 0. The van der Waals surface area contributed by atoms with Crippen molar-refractivity contribution in [2.75, 3.05) is 0 Å². The molecule has 0 spiro atoms. The van der Waals surface area contributed by atoms with E-state index >= 15 is 0 Å². The molecule has 4 heteroatoms. The van der Waals surface area contributed by atoms with Crippen molar-refractivity contribution in [2.45, 2.75) is 25.5 Å². The summed E-state index contributed by atoms with van der Waals surface area (Å²) >= 11 is 5.92. The second-order valence-electron chi connectivity index (χ2n) is 4.77. The quantitative estimate of drug-likeness (QED) is 0.905. The third-order valence-corrected chi connectivity index (χ3v) is 3.57. The Morgan fingerprint density at radius 2 is 1.86 bits per heavy atom. The van der Waals surface area contributed by atoms with Gasteiger partial charge in [-0.15, -0.1) is 0 Å². The van der Waals surface area contributed by atoms with E-state index in [1.165, 1.54) is 0 Å². The van der Waals surface area contributed by atoms with Gasteiger partial charge in [-0.25, -0.2) is 0 Å². The van der Waals surface area contributed by atoms with Crippen molar-refractivity contribution in [3.8, 4) is 11.8 Å². The van der Waals surface area contributed by atoms with Crippen LogP contribution in [0.25, 0.3) is 0 Å². The van der Waals surface area contributed by atoms with Gasteiger partial charge in [0.05, 0.1) is 5.56 Å². The zero-order chi connectivity index (χ0) is 15.2. The number of hydrogen-bond donors (Lipinski definition) is 1. The Morgan fingerprint density at radius 1 is 1.19 bits per heavy atom. The van der Waals surface area contributed by atoms with Crippen LogP contribution in [0.5, 0.6) is 5.75 Å². The van der Waals surface area contributed by atoms with Crippen LogP contribution in [0.4, 0.5) is 0 Å². The molecule has 108 valence electrons. The largest absolute Gasteiger partial charge is 0.483 e. The van der Waals surface area contributed by atoms with Gasteiger partial charge >= 0.3 is 0 Å². The van der Waals surface area contributed by atoms with E-state index in [2.05, 4.69) is 6.07 Å². The molecule has 0 heterocycles. The molecule has 0 amide bonds. The molecule has 0 saturated heterocycles. The Bertz CT molecular complexity index is 634. The van der Waals surface area contributed by atoms with Crippen molar-refractivity contribution in [2.24, 2.45) is 5.73 Å². The lowest BCUT2D eigenvalue weighted by molar-refractivity contribution is 0.170. The zero-order valence-electron chi connectivity index (χ0n) is 11.8. The first-order valence-electron chi connectivity index (χ1n) is 6.82. The molecule has 0 aliphatic heterocycles. The van der Waals surface area contributed by atoms with Gasteiger partial charge in [-0.05, 0) is 36.2 Å². The van der Waals surface area contributed by atoms with Crippen LogP contribution in [0.3, 0.4) is 0 Å². The van der Waals surface area contributed by atoms with Gasteiger partial charge in [0.15, 0.2) is 0 Å². The first kappa shape index (κ1) is 15.4. The second kappa shape index (κ2) is 7.12. The summed E-state index contributed by atoms with van der Waals surface area (Å²) in [6, 6.07) is 16.5. The first-order chi connectivity index (χ1) is 10.2. The number of para-hydroxylation sites is 1. The van der Waals surface area contributed by atoms with Gasteiger partial charge in [-0.1, -0.05) is 42.8 Å². The standard InChI is InChI=1S/C17H17ClN2O/c1-2-15(20)17(12-7-9-14(18)10-8-12)21-16-6-4-3-5-13(16)11-19/h3-10,15,17H,2,20H2,1H3. The smallest absolute Gasteiger partial charge is 0.139 e. The van der Waals surface area contributed by atoms with E-state index < -0.39 is 0 Å². The van der Waals surface area contributed by atoms with Crippen molar-refractivity contribution >= 4 is 11.6 Å². The lowest BCUT2D eigenvalue weighted by Crippen LogP contribution is -2.31. The molecule has 2 unspecified atom stereocenters. The summed E-state index contributed by atoms with van der Waals surface area (Å²) in [6.07, 6.45) is 0.448. The monoisotopic (exact) mass is 300 g/mol. The molecule has 2 aromatic rings. The van der Waals surface area contributed by atoms with Crippen LogP contribution in [0, 0.1) is 11.3 Å². The van der Waals surface area contributed by atoms with Crippen LogP contribution < -0.4 is 10.5 Å². The number of nitrogens with zero attached hydrogens (tertiary/aromatic N) is 1. The van der Waals surface area contributed by atoms with E-state index in [0.717, 1.165) is 12.0 Å². The predicted molar refractivity (Wildman–Crippen MR) is 84.2 cm³/mol. The highest BCUT2D eigenvalue weighted by Gasteiger charge is 2.21. The molecular formula is C17H17ClN2O. The Balaban J connectivity index is 2.33. The second-order valence-corrected chi connectivity index (χ2v) is 5.21. The van der Waals surface area contributed by atoms with Gasteiger partial charge in [0.2, 0.25) is 0 Å². The van der Waals surface area contributed by atoms with Crippen molar-refractivity contribution in [1.82, 2.24) is 0 Å². The average molecular weight is 301 g/mol. The number of nitriles is 1. The summed E-state index contributed by atoms with van der Waals surface area (Å²) in [5.74, 6) is 0.545. The van der Waals surface area contributed by atoms with Crippen LogP contribution in [0.15, 0.2) is 48.5 Å². The molecule has 2 atom stereocenters. The van der Waals surface area contributed by atoms with Crippen LogP contribution in [-0.4, -0.2) is 6.04 Å². The molecule has 2 aromatic carbocycles. The minimum absolute atomic E-state index is 0.169. The number of rotatable bonds is 5. The van der Waals surface area contributed by atoms with Crippen molar-refractivity contribution in [1.29, 1.82) is 5.26 Å². The number of benzene rings is 2. The highest BCUT2D eigenvalue weighted by molar-refractivity contribution is 6.30. The van der Waals surface area contributed by atoms with Crippen LogP contribution >= 0.6 is 11.6 Å². The molecule has 0 aliphatic carbocycles. The normalized spacial score (nSPS) is 13.2. The summed E-state index contributed by atoms with van der Waals surface area (Å²) in [5, 5.41) is 9.82. The van der Waals surface area contributed by atoms with E-state index in [0.29, 0.717) is 16.3 Å². The van der Waals surface area contributed by atoms with E-state index in [-0.39, 0.29) is 12.1 Å². The third kappa shape index (κ3) is 3.75. The molecule has 21 heavy (non-hydrogen) atoms. The Morgan fingerprint density at radius 3 is 2.48 bits per heavy atom. The highest BCUT2D eigenvalue weighted by Crippen LogP contribution is 2.28. The fourth-order valence-electron chi connectivity index (χ4n) is 2.07. The minimum Gasteiger partial charge on any atom is -0.483 e. The van der Waals surface area contributed by atoms with Gasteiger partial charge in [-0.3, -0.25) is 0 Å². The molecule has 2 rings (SSSR count). The van der Waals surface area contributed by atoms with Gasteiger partial charge in [-0.2, -0.15) is 5.26 Å². The van der Waals surface area contributed by atoms with Gasteiger partial charge in [0.25, 0.3) is 0 Å². The molecule has 0 radical (unpaired) electrons. The fraction of sp³-hybridized carbons (Fsp3) is 0.235. The van der Waals surface area contributed by atoms with Gasteiger partial charge < -0.3 is 10.5 Å². The lowest BCUT2D eigenvalue weighted by atomic mass is 10.0. The van der Waals surface area contributed by atoms with Gasteiger partial charge in [0, 0.05) is 11.1 Å². The Labute approximate surface area is 129 Å². The maximum atomic E-state index is 9.16. The maximum Gasteiger partial charge on any atom is 0.139 e. The average Bonchev–Trinajstić information content (AvgIpc) is 2.53. The summed E-state index contributed by atoms with van der Waals surface area (Å²) < 4.78 is 6.02. The van der Waals surface area contributed by atoms with E-state index in [4.69, 9.17) is 27.3 Å². The molecule has 0 fully saturated rings. The molecule has 3 nitrogen and oxygen atoms in total. The number of hydrogen-bond acceptors (Lipinski definition) is 3. The number of nitrogens with two attached hydrogens (primary N) is 1. The first-order valence-corrected chi connectivity index (χ1v) is 7.20. The molecule has 0 aliphatic rings. The Hall–Kier alpha value is -2.02. The number of ether oxygens (including phenoxy) is 1. The van der Waals surface area contributed by atoms with Crippen molar-refractivity contribution < 1.29 is 4.74 Å². The van der Waals surface area contributed by atoms with Gasteiger partial charge in [0.1, 0.15) is 17.9 Å². The summed E-state index contributed by atoms with van der Waals surface area (Å²) in [6.45, 7) is 2.01. The van der Waals surface area contributed by atoms with E-state index in [9.17, 15) is 0 Å². The fourth-order valence-corrected chi connectivity index (χ4v) is 2.19. The summed E-state index contributed by atoms with van der Waals surface area (Å²) in [5.41, 5.74) is 7.63. The Kier molecular flexibility index (Phi) is 5.21. The number of halogens is 1. The predicted octanol–water partition coefficient (Wildman–Crippen LogP) is 4.07. The zero-order valence-corrected chi connectivity index (χ0v) is 12.5. The van der Waals surface area contributed by atoms with Crippen LogP contribution in [0.2, 0.25) is 5.02 Å². The summed E-state index contributed by atoms with van der Waals surface area (Å²) in [7, 11) is 0. The van der Waals surface area contributed by atoms with Crippen LogP contribution in [-0.2, 0) is 0 Å². The van der Waals surface area contributed by atoms with E-state index in [1.54, 1.807) is 12.1 Å². The highest BCUT2D eigenvalue weighted by atomic mass is 35.5. The topological polar surface area (TPSA) is 59.0 Å². The third-order valence-electron chi connectivity index (χ3n) is 3.32.